The van der Waals surface area contributed by atoms with Crippen molar-refractivity contribution >= 4 is 23.0 Å². The quantitative estimate of drug-likeness (QED) is 0.450. The van der Waals surface area contributed by atoms with Crippen LogP contribution in [0.2, 0.25) is 5.02 Å². The molecule has 0 heterocycles. The lowest BCUT2D eigenvalue weighted by Gasteiger charge is -2.02. The van der Waals surface area contributed by atoms with Gasteiger partial charge in [-0.15, -0.1) is 4.48 Å². The molecule has 0 aromatic heterocycles. The second-order valence-corrected chi connectivity index (χ2v) is 2.57. The summed E-state index contributed by atoms with van der Waals surface area (Å²) in [5.41, 5.74) is 2.77. The van der Waals surface area contributed by atoms with Gasteiger partial charge in [-0.3, -0.25) is 15.5 Å². The van der Waals surface area contributed by atoms with Gasteiger partial charge in [0.05, 0.1) is 4.92 Å². The second-order valence-electron chi connectivity index (χ2n) is 2.14. The highest BCUT2D eigenvalue weighted by Gasteiger charge is 2.12. The van der Waals surface area contributed by atoms with Gasteiger partial charge in [-0.05, 0) is 12.1 Å². The summed E-state index contributed by atoms with van der Waals surface area (Å²) in [6, 6.07) is 3.78. The summed E-state index contributed by atoms with van der Waals surface area (Å²) in [7, 11) is 0. The minimum atomic E-state index is -0.643. The molecule has 1 aromatic carbocycles. The van der Waals surface area contributed by atoms with Crippen LogP contribution in [-0.2, 0) is 0 Å². The molecule has 0 fully saturated rings. The Morgan fingerprint density at radius 3 is 2.77 bits per heavy atom. The van der Waals surface area contributed by atoms with E-state index in [-0.39, 0.29) is 16.4 Å². The van der Waals surface area contributed by atoms with Crippen LogP contribution in [0.5, 0.6) is 0 Å². The highest BCUT2D eigenvalue weighted by atomic mass is 35.5. The predicted octanol–water partition coefficient (Wildman–Crippen LogP) is 2.05. The average molecular weight is 206 g/mol. The van der Waals surface area contributed by atoms with Crippen molar-refractivity contribution in [2.45, 2.75) is 0 Å². The van der Waals surface area contributed by atoms with E-state index in [0.717, 1.165) is 5.65 Å². The van der Waals surface area contributed by atoms with Gasteiger partial charge in [0.1, 0.15) is 5.69 Å². The number of halogens is 2. The molecule has 0 unspecified atom stereocenters. The highest BCUT2D eigenvalue weighted by Crippen LogP contribution is 2.26. The van der Waals surface area contributed by atoms with E-state index in [2.05, 4.69) is 0 Å². The molecular weight excluding hydrogens is 201 g/mol. The molecule has 2 N–H and O–H groups in total. The summed E-state index contributed by atoms with van der Waals surface area (Å²) >= 11 is 5.54. The zero-order valence-electron chi connectivity index (χ0n) is 6.25. The van der Waals surface area contributed by atoms with Gasteiger partial charge in [-0.2, -0.15) is 0 Å². The molecule has 0 atom stereocenters. The molecule has 70 valence electrons. The first kappa shape index (κ1) is 9.69. The van der Waals surface area contributed by atoms with Gasteiger partial charge in [-0.25, -0.2) is 0 Å². The molecule has 7 heteroatoms. The first-order valence-corrected chi connectivity index (χ1v) is 3.58. The van der Waals surface area contributed by atoms with Gasteiger partial charge in [0, 0.05) is 11.1 Å². The van der Waals surface area contributed by atoms with Gasteiger partial charge in [0.15, 0.2) is 0 Å². The Hall–Kier alpha value is -1.40. The Morgan fingerprint density at radius 2 is 2.23 bits per heavy atom. The van der Waals surface area contributed by atoms with Crippen LogP contribution in [0.15, 0.2) is 18.2 Å². The molecule has 13 heavy (non-hydrogen) atoms. The fourth-order valence-electron chi connectivity index (χ4n) is 0.818. The standard InChI is InChI=1S/C6H5ClFN3O2/c7-4-1-2-6(11(12)13)5(3-4)9-10-8/h1-3,9-10H. The molecule has 1 aromatic rings. The average Bonchev–Trinajstić information content (AvgIpc) is 2.04. The number of anilines is 1. The highest BCUT2D eigenvalue weighted by molar-refractivity contribution is 6.31. The van der Waals surface area contributed by atoms with Crippen LogP contribution in [0.3, 0.4) is 0 Å². The van der Waals surface area contributed by atoms with Crippen molar-refractivity contribution in [2.24, 2.45) is 0 Å². The molecule has 0 radical (unpaired) electrons. The zero-order chi connectivity index (χ0) is 9.84. The minimum Gasteiger partial charge on any atom is -0.288 e. The van der Waals surface area contributed by atoms with Crippen LogP contribution in [0, 0.1) is 10.1 Å². The van der Waals surface area contributed by atoms with E-state index in [1.807, 2.05) is 5.43 Å². The fourth-order valence-corrected chi connectivity index (χ4v) is 0.991. The Morgan fingerprint density at radius 1 is 1.54 bits per heavy atom. The van der Waals surface area contributed by atoms with Crippen LogP contribution >= 0.6 is 11.6 Å². The van der Waals surface area contributed by atoms with Crippen molar-refractivity contribution in [3.63, 3.8) is 0 Å². The number of hydrazine groups is 1. The molecule has 0 aliphatic rings. The number of nitrogens with zero attached hydrogens (tertiary/aromatic N) is 1. The summed E-state index contributed by atoms with van der Waals surface area (Å²) in [5.74, 6) is 0. The summed E-state index contributed by atoms with van der Waals surface area (Å²) in [6.07, 6.45) is 0. The second kappa shape index (κ2) is 4.01. The third kappa shape index (κ3) is 2.27. The number of nitro benzene ring substituents is 1. The van der Waals surface area contributed by atoms with E-state index < -0.39 is 4.92 Å². The number of nitrogens with one attached hydrogen (secondary N) is 2. The Balaban J connectivity index is 3.10. The van der Waals surface area contributed by atoms with Crippen molar-refractivity contribution in [3.05, 3.63) is 33.3 Å². The van der Waals surface area contributed by atoms with Crippen LogP contribution in [0.1, 0.15) is 0 Å². The van der Waals surface area contributed by atoms with E-state index in [9.17, 15) is 14.6 Å². The first-order chi connectivity index (χ1) is 6.15. The van der Waals surface area contributed by atoms with Crippen molar-refractivity contribution in [1.29, 1.82) is 0 Å². The lowest BCUT2D eigenvalue weighted by Crippen LogP contribution is -2.11. The van der Waals surface area contributed by atoms with Crippen molar-refractivity contribution in [3.8, 4) is 0 Å². The van der Waals surface area contributed by atoms with Crippen molar-refractivity contribution in [2.75, 3.05) is 5.43 Å². The molecule has 1 rings (SSSR count). The SMILES string of the molecule is O=[N+]([O-])c1ccc(Cl)cc1NNF. The molecule has 5 nitrogen and oxygen atoms in total. The molecular formula is C6H5ClFN3O2. The number of rotatable bonds is 3. The third-order valence-electron chi connectivity index (χ3n) is 1.34. The Bertz CT molecular complexity index is 334. The van der Waals surface area contributed by atoms with Crippen molar-refractivity contribution in [1.82, 2.24) is 5.65 Å². The van der Waals surface area contributed by atoms with Gasteiger partial charge >= 0.3 is 0 Å². The number of nitro groups is 1. The summed E-state index contributed by atoms with van der Waals surface area (Å²) in [4.78, 5) is 9.74. The first-order valence-electron chi connectivity index (χ1n) is 3.20. The van der Waals surface area contributed by atoms with Gasteiger partial charge < -0.3 is 0 Å². The maximum absolute atomic E-state index is 11.6. The van der Waals surface area contributed by atoms with Gasteiger partial charge in [0.2, 0.25) is 0 Å². The summed E-state index contributed by atoms with van der Waals surface area (Å²) in [5, 5.41) is 10.7. The third-order valence-corrected chi connectivity index (χ3v) is 1.57. The Labute approximate surface area is 77.6 Å². The zero-order valence-corrected chi connectivity index (χ0v) is 7.01. The van der Waals surface area contributed by atoms with Gasteiger partial charge in [-0.1, -0.05) is 17.2 Å². The van der Waals surface area contributed by atoms with E-state index in [4.69, 9.17) is 11.6 Å². The maximum Gasteiger partial charge on any atom is 0.293 e. The number of benzene rings is 1. The Kier molecular flexibility index (Phi) is 2.99. The lowest BCUT2D eigenvalue weighted by atomic mass is 10.3. The van der Waals surface area contributed by atoms with E-state index in [1.165, 1.54) is 18.2 Å². The van der Waals surface area contributed by atoms with Crippen LogP contribution in [0.25, 0.3) is 0 Å². The van der Waals surface area contributed by atoms with Crippen LogP contribution < -0.4 is 11.1 Å². The van der Waals surface area contributed by atoms with E-state index in [1.54, 1.807) is 0 Å². The monoisotopic (exact) mass is 205 g/mol. The molecule has 0 saturated heterocycles. The summed E-state index contributed by atoms with van der Waals surface area (Å²) in [6.45, 7) is 0. The normalized spacial score (nSPS) is 9.69. The van der Waals surface area contributed by atoms with Crippen LogP contribution in [0.4, 0.5) is 15.9 Å². The molecule has 0 amide bonds. The van der Waals surface area contributed by atoms with Gasteiger partial charge in [0.25, 0.3) is 5.69 Å². The molecule has 0 aliphatic carbocycles. The number of hydrogen-bond donors (Lipinski definition) is 2. The lowest BCUT2D eigenvalue weighted by molar-refractivity contribution is -0.384. The molecule has 0 spiro atoms. The van der Waals surface area contributed by atoms with E-state index >= 15 is 0 Å². The maximum atomic E-state index is 11.6. The molecule has 0 bridgehead atoms. The van der Waals surface area contributed by atoms with Crippen LogP contribution in [-0.4, -0.2) is 4.92 Å². The fraction of sp³-hybridized carbons (Fsp3) is 0. The smallest absolute Gasteiger partial charge is 0.288 e. The largest absolute Gasteiger partial charge is 0.293 e. The molecule has 0 aliphatic heterocycles. The number of hydrogen-bond acceptors (Lipinski definition) is 4. The van der Waals surface area contributed by atoms with E-state index in [0.29, 0.717) is 0 Å². The molecule has 0 saturated carbocycles. The topological polar surface area (TPSA) is 67.2 Å². The van der Waals surface area contributed by atoms with Crippen molar-refractivity contribution < 1.29 is 9.40 Å². The minimum absolute atomic E-state index is 0.0278. The predicted molar refractivity (Wildman–Crippen MR) is 46.0 cm³/mol. The summed E-state index contributed by atoms with van der Waals surface area (Å²) < 4.78 is 11.6.